The van der Waals surface area contributed by atoms with E-state index in [1.54, 1.807) is 18.6 Å². The Bertz CT molecular complexity index is 546. The number of hydrogen-bond acceptors (Lipinski definition) is 2. The van der Waals surface area contributed by atoms with E-state index in [4.69, 9.17) is 4.74 Å². The molecule has 16 heavy (non-hydrogen) atoms. The predicted octanol–water partition coefficient (Wildman–Crippen LogP) is 2.37. The van der Waals surface area contributed by atoms with Gasteiger partial charge in [0.1, 0.15) is 18.2 Å². The van der Waals surface area contributed by atoms with Crippen molar-refractivity contribution in [2.75, 3.05) is 6.61 Å². The molecule has 3 rings (SSSR count). The smallest absolute Gasteiger partial charge is 0.127 e. The highest BCUT2D eigenvalue weighted by molar-refractivity contribution is 5.82. The standard InChI is InChI=1S/C12H9FN2O/c13-8-1-2-12-10(5-8)9(3-4-16-12)11-6-14-7-15-11/h1-3,5-7H,4H2,(H,14,15). The third-order valence-corrected chi connectivity index (χ3v) is 2.55. The van der Waals surface area contributed by atoms with Gasteiger partial charge in [-0.25, -0.2) is 9.37 Å². The number of H-pyrrole nitrogens is 1. The fraction of sp³-hybridized carbons (Fsp3) is 0.0833. The number of fused-ring (bicyclic) bond motifs is 1. The van der Waals surface area contributed by atoms with E-state index < -0.39 is 0 Å². The van der Waals surface area contributed by atoms with E-state index in [0.717, 1.165) is 16.8 Å². The molecular formula is C12H9FN2O. The van der Waals surface area contributed by atoms with Crippen LogP contribution < -0.4 is 4.74 Å². The van der Waals surface area contributed by atoms with Gasteiger partial charge in [-0.05, 0) is 24.3 Å². The van der Waals surface area contributed by atoms with Gasteiger partial charge in [-0.3, -0.25) is 0 Å². The first-order chi connectivity index (χ1) is 7.84. The topological polar surface area (TPSA) is 37.9 Å². The molecule has 0 saturated heterocycles. The number of hydrogen-bond donors (Lipinski definition) is 1. The molecule has 1 aliphatic rings. The van der Waals surface area contributed by atoms with Crippen LogP contribution in [0.15, 0.2) is 36.8 Å². The molecule has 1 aromatic carbocycles. The van der Waals surface area contributed by atoms with E-state index in [1.807, 2.05) is 6.08 Å². The summed E-state index contributed by atoms with van der Waals surface area (Å²) >= 11 is 0. The lowest BCUT2D eigenvalue weighted by Crippen LogP contribution is -2.05. The van der Waals surface area contributed by atoms with Crippen LogP contribution in [0.4, 0.5) is 4.39 Å². The Labute approximate surface area is 91.6 Å². The predicted molar refractivity (Wildman–Crippen MR) is 57.6 cm³/mol. The number of rotatable bonds is 1. The van der Waals surface area contributed by atoms with Gasteiger partial charge in [0, 0.05) is 11.1 Å². The maximum absolute atomic E-state index is 13.2. The second-order valence-corrected chi connectivity index (χ2v) is 3.53. The summed E-state index contributed by atoms with van der Waals surface area (Å²) in [5.41, 5.74) is 2.56. The number of imidazole rings is 1. The van der Waals surface area contributed by atoms with Crippen molar-refractivity contribution >= 4 is 5.57 Å². The lowest BCUT2D eigenvalue weighted by atomic mass is 10.0. The molecule has 2 aromatic rings. The molecule has 1 N–H and O–H groups in total. The minimum atomic E-state index is -0.269. The molecule has 2 heterocycles. The Kier molecular flexibility index (Phi) is 1.99. The van der Waals surface area contributed by atoms with Crippen LogP contribution in [0.2, 0.25) is 0 Å². The normalized spacial score (nSPS) is 13.9. The number of aromatic amines is 1. The summed E-state index contributed by atoms with van der Waals surface area (Å²) < 4.78 is 18.6. The number of nitrogens with one attached hydrogen (secondary N) is 1. The second-order valence-electron chi connectivity index (χ2n) is 3.53. The first-order valence-electron chi connectivity index (χ1n) is 4.96. The molecule has 0 spiro atoms. The Balaban J connectivity index is 2.16. The third-order valence-electron chi connectivity index (χ3n) is 2.55. The van der Waals surface area contributed by atoms with Gasteiger partial charge in [0.2, 0.25) is 0 Å². The van der Waals surface area contributed by atoms with Crippen LogP contribution in [0.3, 0.4) is 0 Å². The van der Waals surface area contributed by atoms with Gasteiger partial charge >= 0.3 is 0 Å². The molecule has 4 heteroatoms. The molecule has 1 aromatic heterocycles. The fourth-order valence-electron chi connectivity index (χ4n) is 1.82. The van der Waals surface area contributed by atoms with Crippen molar-refractivity contribution in [3.8, 4) is 5.75 Å². The zero-order valence-corrected chi connectivity index (χ0v) is 8.40. The summed E-state index contributed by atoms with van der Waals surface area (Å²) in [4.78, 5) is 6.97. The van der Waals surface area contributed by atoms with Crippen LogP contribution in [-0.2, 0) is 0 Å². The van der Waals surface area contributed by atoms with Crippen LogP contribution >= 0.6 is 0 Å². The highest BCUT2D eigenvalue weighted by Gasteiger charge is 2.16. The van der Waals surface area contributed by atoms with E-state index in [0.29, 0.717) is 12.4 Å². The van der Waals surface area contributed by atoms with Crippen molar-refractivity contribution in [3.63, 3.8) is 0 Å². The molecular weight excluding hydrogens is 207 g/mol. The summed E-state index contributed by atoms with van der Waals surface area (Å²) in [7, 11) is 0. The Morgan fingerprint density at radius 2 is 2.31 bits per heavy atom. The quantitative estimate of drug-likeness (QED) is 0.794. The number of benzene rings is 1. The average Bonchev–Trinajstić information content (AvgIpc) is 2.81. The zero-order valence-electron chi connectivity index (χ0n) is 8.40. The summed E-state index contributed by atoms with van der Waals surface area (Å²) in [6.45, 7) is 0.493. The molecule has 0 fully saturated rings. The van der Waals surface area contributed by atoms with E-state index in [9.17, 15) is 4.39 Å². The minimum absolute atomic E-state index is 0.269. The molecule has 0 aliphatic carbocycles. The van der Waals surface area contributed by atoms with E-state index in [1.165, 1.54) is 12.1 Å². The highest BCUT2D eigenvalue weighted by atomic mass is 19.1. The first kappa shape index (κ1) is 9.15. The number of aromatic nitrogens is 2. The van der Waals surface area contributed by atoms with Crippen molar-refractivity contribution in [3.05, 3.63) is 53.9 Å². The van der Waals surface area contributed by atoms with Gasteiger partial charge in [0.05, 0.1) is 18.2 Å². The molecule has 0 saturated carbocycles. The summed E-state index contributed by atoms with van der Waals surface area (Å²) in [6, 6.07) is 4.52. The second kappa shape index (κ2) is 3.48. The van der Waals surface area contributed by atoms with Crippen molar-refractivity contribution in [2.24, 2.45) is 0 Å². The lowest BCUT2D eigenvalue weighted by Gasteiger charge is -2.17. The maximum Gasteiger partial charge on any atom is 0.127 e. The zero-order chi connectivity index (χ0) is 11.0. The molecule has 1 aliphatic heterocycles. The number of nitrogens with zero attached hydrogens (tertiary/aromatic N) is 1. The van der Waals surface area contributed by atoms with Crippen molar-refractivity contribution in [1.82, 2.24) is 9.97 Å². The van der Waals surface area contributed by atoms with Crippen molar-refractivity contribution in [1.29, 1.82) is 0 Å². The number of halogens is 1. The molecule has 0 bridgehead atoms. The number of ether oxygens (including phenoxy) is 1. The summed E-state index contributed by atoms with van der Waals surface area (Å²) in [5, 5.41) is 0. The van der Waals surface area contributed by atoms with E-state index in [-0.39, 0.29) is 5.82 Å². The highest BCUT2D eigenvalue weighted by Crippen LogP contribution is 2.33. The van der Waals surface area contributed by atoms with Crippen LogP contribution in [0, 0.1) is 5.82 Å². The van der Waals surface area contributed by atoms with E-state index >= 15 is 0 Å². The van der Waals surface area contributed by atoms with Crippen LogP contribution in [0.1, 0.15) is 11.3 Å². The van der Waals surface area contributed by atoms with Crippen molar-refractivity contribution < 1.29 is 9.13 Å². The van der Waals surface area contributed by atoms with E-state index in [2.05, 4.69) is 9.97 Å². The largest absolute Gasteiger partial charge is 0.489 e. The Hall–Kier alpha value is -2.10. The molecule has 80 valence electrons. The van der Waals surface area contributed by atoms with Crippen molar-refractivity contribution in [2.45, 2.75) is 0 Å². The summed E-state index contributed by atoms with van der Waals surface area (Å²) in [6.07, 6.45) is 5.23. The lowest BCUT2D eigenvalue weighted by molar-refractivity contribution is 0.356. The molecule has 0 unspecified atom stereocenters. The Morgan fingerprint density at radius 1 is 1.38 bits per heavy atom. The van der Waals surface area contributed by atoms with Gasteiger partial charge < -0.3 is 9.72 Å². The minimum Gasteiger partial charge on any atom is -0.489 e. The molecule has 0 atom stereocenters. The van der Waals surface area contributed by atoms with Gasteiger partial charge in [0.15, 0.2) is 0 Å². The monoisotopic (exact) mass is 216 g/mol. The maximum atomic E-state index is 13.2. The summed E-state index contributed by atoms with van der Waals surface area (Å²) in [5.74, 6) is 0.433. The van der Waals surface area contributed by atoms with Gasteiger partial charge in [0.25, 0.3) is 0 Å². The van der Waals surface area contributed by atoms with Crippen LogP contribution in [0.5, 0.6) is 5.75 Å². The van der Waals surface area contributed by atoms with Gasteiger partial charge in [-0.1, -0.05) is 0 Å². The molecule has 0 amide bonds. The average molecular weight is 216 g/mol. The van der Waals surface area contributed by atoms with Crippen LogP contribution in [0.25, 0.3) is 5.57 Å². The molecule has 3 nitrogen and oxygen atoms in total. The SMILES string of the molecule is Fc1ccc2c(c1)C(c1cnc[nH]1)=CCO2. The van der Waals surface area contributed by atoms with Gasteiger partial charge in [-0.2, -0.15) is 0 Å². The first-order valence-corrected chi connectivity index (χ1v) is 4.96. The fourth-order valence-corrected chi connectivity index (χ4v) is 1.82. The molecule has 0 radical (unpaired) electrons. The van der Waals surface area contributed by atoms with Crippen LogP contribution in [-0.4, -0.2) is 16.6 Å². The van der Waals surface area contributed by atoms with Gasteiger partial charge in [-0.15, -0.1) is 0 Å². The Morgan fingerprint density at radius 3 is 3.12 bits per heavy atom. The third kappa shape index (κ3) is 1.39.